The van der Waals surface area contributed by atoms with E-state index in [1.54, 1.807) is 49.8 Å². The van der Waals surface area contributed by atoms with Crippen molar-refractivity contribution in [3.63, 3.8) is 0 Å². The third-order valence-electron chi connectivity index (χ3n) is 8.41. The van der Waals surface area contributed by atoms with Crippen LogP contribution in [0.4, 0.5) is 24.8 Å². The zero-order valence-electron chi connectivity index (χ0n) is 26.6. The quantitative estimate of drug-likeness (QED) is 0.188. The molecule has 13 heteroatoms. The summed E-state index contributed by atoms with van der Waals surface area (Å²) in [6.45, 7) is 3.43. The number of pyridine rings is 2. The van der Waals surface area contributed by atoms with E-state index in [0.717, 1.165) is 30.6 Å². The Morgan fingerprint density at radius 2 is 1.76 bits per heavy atom. The van der Waals surface area contributed by atoms with Gasteiger partial charge in [-0.25, -0.2) is 15.0 Å². The molecule has 0 bridgehead atoms. The minimum atomic E-state index is -4.62. The normalized spacial score (nSPS) is 15.4. The molecule has 6 aromatic rings. The Balaban J connectivity index is 1.32. The molecule has 1 unspecified atom stereocenters. The molecular weight excluding hydrogens is 650 g/mol. The fourth-order valence-electron chi connectivity index (χ4n) is 5.86. The molecule has 0 aliphatic carbocycles. The predicted octanol–water partition coefficient (Wildman–Crippen LogP) is 7.15. The Morgan fingerprint density at radius 1 is 0.959 bits per heavy atom. The van der Waals surface area contributed by atoms with Crippen LogP contribution in [-0.2, 0) is 12.7 Å². The van der Waals surface area contributed by atoms with E-state index in [2.05, 4.69) is 54.3 Å². The van der Waals surface area contributed by atoms with Crippen LogP contribution in [0, 0.1) is 6.92 Å². The molecule has 0 amide bonds. The van der Waals surface area contributed by atoms with Gasteiger partial charge < -0.3 is 10.2 Å². The monoisotopic (exact) mass is 680 g/mol. The van der Waals surface area contributed by atoms with Gasteiger partial charge in [-0.1, -0.05) is 36.4 Å². The number of benzene rings is 2. The highest BCUT2D eigenvalue weighted by atomic mass is 32.2. The number of rotatable bonds is 7. The Kier molecular flexibility index (Phi) is 8.86. The molecule has 0 spiro atoms. The fourth-order valence-corrected chi connectivity index (χ4v) is 7.27. The number of thioether (sulfide) groups is 1. The van der Waals surface area contributed by atoms with Crippen molar-refractivity contribution in [2.45, 2.75) is 24.9 Å². The molecule has 1 fully saturated rings. The summed E-state index contributed by atoms with van der Waals surface area (Å²) in [4.78, 5) is 39.2. The van der Waals surface area contributed by atoms with Gasteiger partial charge in [-0.2, -0.15) is 29.9 Å². The minimum absolute atomic E-state index is 0.0703. The van der Waals surface area contributed by atoms with E-state index < -0.39 is 17.3 Å². The molecule has 2 aromatic carbocycles. The number of hydrogen-bond donors (Lipinski definition) is 1. The average Bonchev–Trinajstić information content (AvgIpc) is 3.10. The van der Waals surface area contributed by atoms with Gasteiger partial charge in [0, 0.05) is 53.8 Å². The van der Waals surface area contributed by atoms with Crippen molar-refractivity contribution >= 4 is 34.4 Å². The SMILES string of the molecule is Cc1cnc(-c2ccccn2)nc1-c1cc2cnc(Nc3ccc(C4CN(C)CCS4)cc3)nc2n(Cc2ccccc2C(F)(F)F)c1=O. The number of alkyl halides is 3. The topological polar surface area (TPSA) is 102 Å². The van der Waals surface area contributed by atoms with E-state index in [1.807, 2.05) is 23.9 Å². The summed E-state index contributed by atoms with van der Waals surface area (Å²) >= 11 is 1.94. The van der Waals surface area contributed by atoms with Crippen LogP contribution in [0.2, 0.25) is 0 Å². The largest absolute Gasteiger partial charge is 0.416 e. The van der Waals surface area contributed by atoms with Gasteiger partial charge in [0.2, 0.25) is 5.95 Å². The zero-order chi connectivity index (χ0) is 34.1. The van der Waals surface area contributed by atoms with Gasteiger partial charge in [0.25, 0.3) is 5.56 Å². The number of nitrogens with zero attached hydrogens (tertiary/aromatic N) is 7. The lowest BCUT2D eigenvalue weighted by molar-refractivity contribution is -0.138. The molecule has 1 saturated heterocycles. The van der Waals surface area contributed by atoms with Crippen LogP contribution in [0.5, 0.6) is 0 Å². The first-order valence-corrected chi connectivity index (χ1v) is 16.7. The van der Waals surface area contributed by atoms with E-state index in [4.69, 9.17) is 0 Å². The second kappa shape index (κ2) is 13.4. The number of likely N-dealkylation sites (N-methyl/N-ethyl adjacent to an activating group) is 1. The molecule has 9 nitrogen and oxygen atoms in total. The van der Waals surface area contributed by atoms with Crippen molar-refractivity contribution in [1.82, 2.24) is 34.4 Å². The molecule has 1 atom stereocenters. The summed E-state index contributed by atoms with van der Waals surface area (Å²) in [5.74, 6) is 1.59. The van der Waals surface area contributed by atoms with Crippen molar-refractivity contribution in [3.8, 4) is 22.8 Å². The number of hydrogen-bond acceptors (Lipinski definition) is 9. The minimum Gasteiger partial charge on any atom is -0.324 e. The predicted molar refractivity (Wildman–Crippen MR) is 186 cm³/mol. The van der Waals surface area contributed by atoms with E-state index in [0.29, 0.717) is 33.4 Å². The second-order valence-electron chi connectivity index (χ2n) is 11.9. The molecule has 49 heavy (non-hydrogen) atoms. The number of anilines is 2. The molecule has 5 heterocycles. The molecule has 1 N–H and O–H groups in total. The van der Waals surface area contributed by atoms with E-state index in [1.165, 1.54) is 28.3 Å². The Hall–Kier alpha value is -5.14. The molecular formula is C36H31F3N8OS. The maximum atomic E-state index is 14.3. The summed E-state index contributed by atoms with van der Waals surface area (Å²) in [7, 11) is 2.12. The Bertz CT molecular complexity index is 2190. The molecule has 4 aromatic heterocycles. The average molecular weight is 681 g/mol. The van der Waals surface area contributed by atoms with E-state index >= 15 is 0 Å². The van der Waals surface area contributed by atoms with Crippen LogP contribution < -0.4 is 10.9 Å². The van der Waals surface area contributed by atoms with Crippen LogP contribution in [-0.4, -0.2) is 60.3 Å². The Labute approximate surface area is 284 Å². The first-order valence-electron chi connectivity index (χ1n) is 15.6. The number of nitrogens with one attached hydrogen (secondary N) is 1. The highest BCUT2D eigenvalue weighted by Gasteiger charge is 2.33. The summed E-state index contributed by atoms with van der Waals surface area (Å²) in [6, 6.07) is 20.2. The second-order valence-corrected chi connectivity index (χ2v) is 13.2. The summed E-state index contributed by atoms with van der Waals surface area (Å²) < 4.78 is 43.5. The fraction of sp³-hybridized carbons (Fsp3) is 0.222. The molecule has 0 radical (unpaired) electrons. The third kappa shape index (κ3) is 6.90. The van der Waals surface area contributed by atoms with Crippen molar-refractivity contribution in [3.05, 3.63) is 124 Å². The van der Waals surface area contributed by atoms with Crippen molar-refractivity contribution in [2.24, 2.45) is 0 Å². The molecule has 1 aliphatic rings. The smallest absolute Gasteiger partial charge is 0.324 e. The molecule has 0 saturated carbocycles. The first-order chi connectivity index (χ1) is 23.6. The lowest BCUT2D eigenvalue weighted by atomic mass is 10.1. The van der Waals surface area contributed by atoms with Gasteiger partial charge >= 0.3 is 6.18 Å². The summed E-state index contributed by atoms with van der Waals surface area (Å²) in [5, 5.41) is 4.04. The van der Waals surface area contributed by atoms with Gasteiger partial charge in [0.1, 0.15) is 11.3 Å². The van der Waals surface area contributed by atoms with Crippen LogP contribution in [0.1, 0.15) is 27.5 Å². The van der Waals surface area contributed by atoms with Gasteiger partial charge in [-0.15, -0.1) is 0 Å². The van der Waals surface area contributed by atoms with Gasteiger partial charge in [-0.05, 0) is 67.1 Å². The highest BCUT2D eigenvalue weighted by molar-refractivity contribution is 7.99. The highest BCUT2D eigenvalue weighted by Crippen LogP contribution is 2.34. The van der Waals surface area contributed by atoms with Crippen molar-refractivity contribution in [2.75, 3.05) is 31.2 Å². The lowest BCUT2D eigenvalue weighted by Gasteiger charge is -2.29. The van der Waals surface area contributed by atoms with Crippen molar-refractivity contribution in [1.29, 1.82) is 0 Å². The lowest BCUT2D eigenvalue weighted by Crippen LogP contribution is -2.30. The van der Waals surface area contributed by atoms with Crippen LogP contribution in [0.3, 0.4) is 0 Å². The van der Waals surface area contributed by atoms with Crippen LogP contribution in [0.15, 0.2) is 96.2 Å². The molecule has 248 valence electrons. The van der Waals surface area contributed by atoms with Crippen LogP contribution >= 0.6 is 11.8 Å². The number of fused-ring (bicyclic) bond motifs is 1. The number of halogens is 3. The molecule has 7 rings (SSSR count). The van der Waals surface area contributed by atoms with Gasteiger partial charge in [0.15, 0.2) is 5.82 Å². The van der Waals surface area contributed by atoms with Crippen LogP contribution in [0.25, 0.3) is 33.8 Å². The first kappa shape index (κ1) is 32.4. The summed E-state index contributed by atoms with van der Waals surface area (Å²) in [6.07, 6.45) is 0.150. The summed E-state index contributed by atoms with van der Waals surface area (Å²) in [5.41, 5.74) is 2.33. The Morgan fingerprint density at radius 3 is 2.51 bits per heavy atom. The maximum absolute atomic E-state index is 14.3. The van der Waals surface area contributed by atoms with Gasteiger partial charge in [-0.3, -0.25) is 14.3 Å². The van der Waals surface area contributed by atoms with Crippen molar-refractivity contribution < 1.29 is 13.2 Å². The number of aromatic nitrogens is 6. The third-order valence-corrected chi connectivity index (χ3v) is 9.65. The maximum Gasteiger partial charge on any atom is 0.416 e. The molecule has 1 aliphatic heterocycles. The van der Waals surface area contributed by atoms with Gasteiger partial charge in [0.05, 0.1) is 23.4 Å². The number of aryl methyl sites for hydroxylation is 1. The standard InChI is InChI=1S/C36H31F3N8OS/c1-22-18-41-32(29-9-5-6-14-40-29)44-31(22)27-17-25-19-42-35(43-26-12-10-23(11-13-26)30-21-46(2)15-16-49-30)45-33(25)47(34(27)48)20-24-7-3-4-8-28(24)36(37,38)39/h3-14,17-19,30H,15-16,20-21H2,1-2H3,(H,42,43,45). The van der Waals surface area contributed by atoms with E-state index in [-0.39, 0.29) is 29.3 Å². The van der Waals surface area contributed by atoms with E-state index in [9.17, 15) is 18.0 Å². The zero-order valence-corrected chi connectivity index (χ0v) is 27.5.